The second kappa shape index (κ2) is 13.7. The van der Waals surface area contributed by atoms with Crippen LogP contribution in [-0.4, -0.2) is 57.0 Å². The summed E-state index contributed by atoms with van der Waals surface area (Å²) < 4.78 is 40.2. The van der Waals surface area contributed by atoms with Crippen LogP contribution in [0.25, 0.3) is 0 Å². The number of sulfonamides is 1. The average Bonchev–Trinajstić information content (AvgIpc) is 2.99. The molecule has 1 aliphatic heterocycles. The van der Waals surface area contributed by atoms with Gasteiger partial charge in [0.1, 0.15) is 25.8 Å². The predicted octanol–water partition coefficient (Wildman–Crippen LogP) is 5.29. The zero-order valence-electron chi connectivity index (χ0n) is 23.5. The number of carbonyl (C=O) groups excluding carboxylic acids is 2. The minimum atomic E-state index is -4.23. The van der Waals surface area contributed by atoms with Gasteiger partial charge in [0.05, 0.1) is 10.6 Å². The monoisotopic (exact) mass is 633 g/mol. The van der Waals surface area contributed by atoms with E-state index in [1.807, 2.05) is 13.8 Å². The first-order valence-corrected chi connectivity index (χ1v) is 15.7. The minimum Gasteiger partial charge on any atom is -0.486 e. The molecule has 224 valence electrons. The molecule has 0 fully saturated rings. The van der Waals surface area contributed by atoms with Gasteiger partial charge in [-0.1, -0.05) is 54.4 Å². The Morgan fingerprint density at radius 3 is 2.21 bits per heavy atom. The summed E-state index contributed by atoms with van der Waals surface area (Å²) in [5.41, 5.74) is 0.637. The molecule has 9 nitrogen and oxygen atoms in total. The summed E-state index contributed by atoms with van der Waals surface area (Å²) in [6.45, 7) is 5.32. The molecule has 0 spiro atoms. The minimum absolute atomic E-state index is 0.00375. The van der Waals surface area contributed by atoms with E-state index in [0.717, 1.165) is 4.31 Å². The van der Waals surface area contributed by atoms with Gasteiger partial charge < -0.3 is 19.7 Å². The molecule has 4 rings (SSSR count). The molecule has 3 aromatic carbocycles. The molecule has 2 unspecified atom stereocenters. The van der Waals surface area contributed by atoms with E-state index >= 15 is 0 Å². The highest BCUT2D eigenvalue weighted by Gasteiger charge is 2.34. The smallest absolute Gasteiger partial charge is 0.264 e. The van der Waals surface area contributed by atoms with Crippen molar-refractivity contribution in [2.75, 3.05) is 24.1 Å². The molecule has 0 saturated heterocycles. The lowest BCUT2D eigenvalue weighted by Crippen LogP contribution is -2.52. The fraction of sp³-hybridized carbons (Fsp3) is 0.333. The summed E-state index contributed by atoms with van der Waals surface area (Å²) in [6, 6.07) is 16.3. The largest absolute Gasteiger partial charge is 0.486 e. The number of rotatable bonds is 11. The van der Waals surface area contributed by atoms with Gasteiger partial charge in [-0.3, -0.25) is 13.9 Å². The van der Waals surface area contributed by atoms with Crippen molar-refractivity contribution in [1.29, 1.82) is 0 Å². The molecule has 42 heavy (non-hydrogen) atoms. The van der Waals surface area contributed by atoms with Crippen molar-refractivity contribution in [3.05, 3.63) is 82.3 Å². The number of hydrogen-bond acceptors (Lipinski definition) is 6. The molecule has 1 aliphatic rings. The third kappa shape index (κ3) is 7.11. The number of halogens is 2. The maximum atomic E-state index is 14.1. The van der Waals surface area contributed by atoms with Crippen molar-refractivity contribution in [1.82, 2.24) is 10.2 Å². The Balaban J connectivity index is 1.76. The summed E-state index contributed by atoms with van der Waals surface area (Å²) in [7, 11) is -4.23. The summed E-state index contributed by atoms with van der Waals surface area (Å²) in [5.74, 6) is -0.191. The Morgan fingerprint density at radius 1 is 0.929 bits per heavy atom. The zero-order chi connectivity index (χ0) is 30.4. The lowest BCUT2D eigenvalue weighted by atomic mass is 10.1. The number of hydrogen-bond donors (Lipinski definition) is 1. The lowest BCUT2D eigenvalue weighted by molar-refractivity contribution is -0.139. The molecule has 1 N–H and O–H groups in total. The van der Waals surface area contributed by atoms with Crippen molar-refractivity contribution in [2.45, 2.75) is 50.7 Å². The van der Waals surface area contributed by atoms with Crippen LogP contribution in [0.2, 0.25) is 10.0 Å². The van der Waals surface area contributed by atoms with Gasteiger partial charge in [0.2, 0.25) is 11.8 Å². The van der Waals surface area contributed by atoms with E-state index in [0.29, 0.717) is 46.7 Å². The zero-order valence-corrected chi connectivity index (χ0v) is 25.9. The van der Waals surface area contributed by atoms with Crippen LogP contribution in [0.3, 0.4) is 0 Å². The summed E-state index contributed by atoms with van der Waals surface area (Å²) in [6.07, 6.45) is 0.690. The van der Waals surface area contributed by atoms with Gasteiger partial charge >= 0.3 is 0 Å². The number of nitrogens with one attached hydrogen (secondary N) is 1. The molecular weight excluding hydrogens is 601 g/mol. The lowest BCUT2D eigenvalue weighted by Gasteiger charge is -2.33. The third-order valence-electron chi connectivity index (χ3n) is 6.98. The Kier molecular flexibility index (Phi) is 10.2. The number of amides is 2. The summed E-state index contributed by atoms with van der Waals surface area (Å²) >= 11 is 12.9. The molecular formula is C30H33Cl2N3O6S. The average molecular weight is 635 g/mol. The van der Waals surface area contributed by atoms with E-state index in [4.69, 9.17) is 32.7 Å². The molecule has 3 aromatic rings. The van der Waals surface area contributed by atoms with Crippen LogP contribution in [0.15, 0.2) is 71.6 Å². The van der Waals surface area contributed by atoms with Crippen molar-refractivity contribution < 1.29 is 27.5 Å². The number of nitrogens with zero attached hydrogens (tertiary/aromatic N) is 2. The van der Waals surface area contributed by atoms with Crippen LogP contribution in [0, 0.1) is 0 Å². The first-order valence-electron chi connectivity index (χ1n) is 13.5. The number of ether oxygens (including phenoxy) is 2. The summed E-state index contributed by atoms with van der Waals surface area (Å²) in [4.78, 5) is 28.6. The molecule has 0 saturated carbocycles. The highest BCUT2D eigenvalue weighted by atomic mass is 35.5. The van der Waals surface area contributed by atoms with Crippen LogP contribution >= 0.6 is 23.2 Å². The molecule has 0 radical (unpaired) electrons. The van der Waals surface area contributed by atoms with Crippen LogP contribution in [0.1, 0.15) is 32.8 Å². The molecule has 0 aromatic heterocycles. The number of carbonyl (C=O) groups is 2. The summed E-state index contributed by atoms with van der Waals surface area (Å²) in [5, 5.41) is 3.52. The van der Waals surface area contributed by atoms with Gasteiger partial charge in [-0.2, -0.15) is 0 Å². The molecule has 12 heteroatoms. The van der Waals surface area contributed by atoms with Crippen molar-refractivity contribution in [2.24, 2.45) is 0 Å². The molecule has 0 bridgehead atoms. The molecule has 2 amide bonds. The van der Waals surface area contributed by atoms with Gasteiger partial charge in [-0.25, -0.2) is 8.42 Å². The van der Waals surface area contributed by atoms with E-state index in [1.54, 1.807) is 55.5 Å². The third-order valence-corrected chi connectivity index (χ3v) is 9.48. The fourth-order valence-corrected chi connectivity index (χ4v) is 6.28. The molecule has 2 atom stereocenters. The quantitative estimate of drug-likeness (QED) is 0.308. The van der Waals surface area contributed by atoms with E-state index in [1.165, 1.54) is 23.1 Å². The van der Waals surface area contributed by atoms with Gasteiger partial charge in [0.15, 0.2) is 11.5 Å². The fourth-order valence-electron chi connectivity index (χ4n) is 4.34. The Labute approximate surface area is 256 Å². The van der Waals surface area contributed by atoms with Gasteiger partial charge in [-0.15, -0.1) is 0 Å². The Morgan fingerprint density at radius 2 is 1.57 bits per heavy atom. The highest BCUT2D eigenvalue weighted by molar-refractivity contribution is 7.92. The second-order valence-corrected chi connectivity index (χ2v) is 12.5. The van der Waals surface area contributed by atoms with Crippen molar-refractivity contribution in [3.63, 3.8) is 0 Å². The van der Waals surface area contributed by atoms with Gasteiger partial charge in [-0.05, 0) is 56.7 Å². The van der Waals surface area contributed by atoms with Crippen LogP contribution in [-0.2, 0) is 26.2 Å². The first-order chi connectivity index (χ1) is 20.0. The standard InChI is InChI=1S/C30H33Cl2N3O6S/c1-4-20(2)33-30(37)21(3)34(18-24-25(31)11-8-12-26(24)32)29(36)19-35(42(38,39)23-9-6-5-7-10-23)22-13-14-27-28(17-22)41-16-15-40-27/h5-14,17,20-21H,4,15-16,18-19H2,1-3H3,(H,33,37). The molecule has 0 aliphatic carbocycles. The van der Waals surface area contributed by atoms with Crippen LogP contribution in [0.4, 0.5) is 5.69 Å². The number of anilines is 1. The Bertz CT molecular complexity index is 1520. The van der Waals surface area contributed by atoms with E-state index in [2.05, 4.69) is 5.32 Å². The first kappa shape index (κ1) is 31.5. The van der Waals surface area contributed by atoms with Crippen molar-refractivity contribution in [3.8, 4) is 11.5 Å². The van der Waals surface area contributed by atoms with E-state index < -0.39 is 34.4 Å². The predicted molar refractivity (Wildman–Crippen MR) is 163 cm³/mol. The maximum Gasteiger partial charge on any atom is 0.264 e. The van der Waals surface area contributed by atoms with E-state index in [9.17, 15) is 18.0 Å². The normalized spacial score (nSPS) is 14.0. The van der Waals surface area contributed by atoms with Gasteiger partial charge in [0, 0.05) is 34.3 Å². The van der Waals surface area contributed by atoms with Crippen LogP contribution in [0.5, 0.6) is 11.5 Å². The van der Waals surface area contributed by atoms with Crippen molar-refractivity contribution >= 4 is 50.7 Å². The topological polar surface area (TPSA) is 105 Å². The highest BCUT2D eigenvalue weighted by Crippen LogP contribution is 2.36. The SMILES string of the molecule is CCC(C)NC(=O)C(C)N(Cc1c(Cl)cccc1Cl)C(=O)CN(c1ccc2c(c1)OCCO2)S(=O)(=O)c1ccccc1. The number of benzene rings is 3. The number of fused-ring (bicyclic) bond motifs is 1. The Hall–Kier alpha value is -3.47. The molecule has 1 heterocycles. The maximum absolute atomic E-state index is 14.1. The van der Waals surface area contributed by atoms with Crippen LogP contribution < -0.4 is 19.1 Å². The van der Waals surface area contributed by atoms with E-state index in [-0.39, 0.29) is 23.2 Å². The second-order valence-electron chi connectivity index (χ2n) is 9.87. The van der Waals surface area contributed by atoms with Gasteiger partial charge in [0.25, 0.3) is 10.0 Å².